The van der Waals surface area contributed by atoms with Gasteiger partial charge in [0.05, 0.1) is 10.5 Å². The summed E-state index contributed by atoms with van der Waals surface area (Å²) < 4.78 is 62.2. The zero-order valence-corrected chi connectivity index (χ0v) is 12.5. The van der Waals surface area contributed by atoms with Crippen molar-refractivity contribution in [3.63, 3.8) is 0 Å². The monoisotopic (exact) mass is 354 g/mol. The number of benzene rings is 2. The van der Waals surface area contributed by atoms with E-state index in [4.69, 9.17) is 22.3 Å². The van der Waals surface area contributed by atoms with Gasteiger partial charge in [-0.2, -0.15) is 13.2 Å². The van der Waals surface area contributed by atoms with Crippen molar-refractivity contribution in [2.24, 2.45) is 0 Å². The van der Waals surface area contributed by atoms with Crippen LogP contribution in [0.4, 0.5) is 13.2 Å². The lowest BCUT2D eigenvalue weighted by Gasteiger charge is -2.14. The largest absolute Gasteiger partial charge is 0.417 e. The third kappa shape index (κ3) is 3.51. The van der Waals surface area contributed by atoms with Crippen LogP contribution in [-0.2, 0) is 15.2 Å². The van der Waals surface area contributed by atoms with Crippen molar-refractivity contribution in [1.82, 2.24) is 0 Å². The average molecular weight is 355 g/mol. The summed E-state index contributed by atoms with van der Waals surface area (Å²) in [4.78, 5) is -0.464. The minimum atomic E-state index is -4.62. The van der Waals surface area contributed by atoms with E-state index in [1.54, 1.807) is 0 Å². The molecule has 0 spiro atoms. The zero-order valence-electron chi connectivity index (χ0n) is 10.2. The summed E-state index contributed by atoms with van der Waals surface area (Å²) in [5, 5.41) is 0.0578. The van der Waals surface area contributed by atoms with E-state index in [9.17, 15) is 21.6 Å². The number of halogens is 5. The molecule has 0 aromatic heterocycles. The summed E-state index contributed by atoms with van der Waals surface area (Å²) in [5.41, 5.74) is -1.38. The fourth-order valence-electron chi connectivity index (χ4n) is 1.89. The van der Waals surface area contributed by atoms with E-state index < -0.39 is 25.7 Å². The van der Waals surface area contributed by atoms with Crippen molar-refractivity contribution in [2.45, 2.75) is 11.1 Å². The highest BCUT2D eigenvalue weighted by atomic mass is 35.7. The fourth-order valence-corrected chi connectivity index (χ4v) is 3.21. The molecule has 0 N–H and O–H groups in total. The second kappa shape index (κ2) is 5.51. The van der Waals surface area contributed by atoms with Gasteiger partial charge in [-0.25, -0.2) is 8.42 Å². The van der Waals surface area contributed by atoms with Gasteiger partial charge in [0, 0.05) is 21.3 Å². The Morgan fingerprint density at radius 3 is 2.14 bits per heavy atom. The van der Waals surface area contributed by atoms with Crippen molar-refractivity contribution < 1.29 is 21.6 Å². The minimum absolute atomic E-state index is 0.0578. The first-order valence-electron chi connectivity index (χ1n) is 5.51. The predicted octanol–water partition coefficient (Wildman–Crippen LogP) is 4.95. The number of rotatable bonds is 2. The van der Waals surface area contributed by atoms with Crippen LogP contribution in [0.25, 0.3) is 11.1 Å². The summed E-state index contributed by atoms with van der Waals surface area (Å²) in [7, 11) is 1.04. The molecule has 0 fully saturated rings. The summed E-state index contributed by atoms with van der Waals surface area (Å²) in [6, 6.07) is 8.16. The van der Waals surface area contributed by atoms with Crippen LogP contribution >= 0.6 is 22.3 Å². The Morgan fingerprint density at radius 2 is 1.57 bits per heavy atom. The summed E-state index contributed by atoms with van der Waals surface area (Å²) in [6.07, 6.45) is -4.62. The van der Waals surface area contributed by atoms with Gasteiger partial charge in [-0.3, -0.25) is 0 Å². The van der Waals surface area contributed by atoms with Gasteiger partial charge in [0.1, 0.15) is 0 Å². The van der Waals surface area contributed by atoms with E-state index in [1.807, 2.05) is 0 Å². The molecule has 2 aromatic carbocycles. The molecule has 0 amide bonds. The van der Waals surface area contributed by atoms with Gasteiger partial charge in [0.15, 0.2) is 0 Å². The maximum absolute atomic E-state index is 13.0. The highest BCUT2D eigenvalue weighted by molar-refractivity contribution is 8.13. The normalized spacial score (nSPS) is 12.4. The third-order valence-corrected chi connectivity index (χ3v) is 4.33. The molecule has 0 saturated heterocycles. The standard InChI is InChI=1S/C13H7Cl2F3O2S/c14-8-5-6-10(12(7-8)21(15,19)20)9-3-1-2-4-11(9)13(16,17)18/h1-7H. The van der Waals surface area contributed by atoms with Crippen molar-refractivity contribution in [2.75, 3.05) is 0 Å². The Balaban J connectivity index is 2.81. The van der Waals surface area contributed by atoms with E-state index >= 15 is 0 Å². The van der Waals surface area contributed by atoms with Crippen LogP contribution in [0.2, 0.25) is 5.02 Å². The predicted molar refractivity (Wildman–Crippen MR) is 74.9 cm³/mol. The first-order valence-corrected chi connectivity index (χ1v) is 8.20. The van der Waals surface area contributed by atoms with E-state index in [0.717, 1.165) is 12.1 Å². The Bertz CT molecular complexity index is 786. The van der Waals surface area contributed by atoms with Crippen molar-refractivity contribution in [3.05, 3.63) is 53.1 Å². The number of alkyl halides is 3. The fraction of sp³-hybridized carbons (Fsp3) is 0.0769. The highest BCUT2D eigenvalue weighted by Gasteiger charge is 2.34. The topological polar surface area (TPSA) is 34.1 Å². The van der Waals surface area contributed by atoms with E-state index in [-0.39, 0.29) is 16.1 Å². The highest BCUT2D eigenvalue weighted by Crippen LogP contribution is 2.40. The van der Waals surface area contributed by atoms with Gasteiger partial charge in [-0.1, -0.05) is 35.9 Å². The Kier molecular flexibility index (Phi) is 4.24. The Labute approximate surface area is 128 Å². The van der Waals surface area contributed by atoms with Crippen molar-refractivity contribution in [1.29, 1.82) is 0 Å². The Hall–Kier alpha value is -1.24. The van der Waals surface area contributed by atoms with Gasteiger partial charge in [0.25, 0.3) is 9.05 Å². The van der Waals surface area contributed by atoms with Crippen LogP contribution in [0.1, 0.15) is 5.56 Å². The molecular weight excluding hydrogens is 348 g/mol. The van der Waals surface area contributed by atoms with Gasteiger partial charge in [-0.05, 0) is 23.8 Å². The molecular formula is C13H7Cl2F3O2S. The lowest BCUT2D eigenvalue weighted by atomic mass is 9.99. The molecule has 2 rings (SSSR count). The van der Waals surface area contributed by atoms with Gasteiger partial charge < -0.3 is 0 Å². The SMILES string of the molecule is O=S(=O)(Cl)c1cc(Cl)ccc1-c1ccccc1C(F)(F)F. The molecule has 0 heterocycles. The van der Waals surface area contributed by atoms with Crippen LogP contribution < -0.4 is 0 Å². The van der Waals surface area contributed by atoms with Crippen LogP contribution in [-0.4, -0.2) is 8.42 Å². The summed E-state index contributed by atoms with van der Waals surface area (Å²) >= 11 is 5.69. The molecule has 0 saturated carbocycles. The second-order valence-electron chi connectivity index (χ2n) is 4.12. The number of hydrogen-bond donors (Lipinski definition) is 0. The average Bonchev–Trinajstić information content (AvgIpc) is 2.36. The molecule has 21 heavy (non-hydrogen) atoms. The second-order valence-corrected chi connectivity index (χ2v) is 7.09. The van der Waals surface area contributed by atoms with Crippen LogP contribution in [0, 0.1) is 0 Å². The molecule has 8 heteroatoms. The summed E-state index contributed by atoms with van der Waals surface area (Å²) in [5.74, 6) is 0. The molecule has 0 unspecified atom stereocenters. The molecule has 0 aliphatic heterocycles. The molecule has 2 aromatic rings. The molecule has 0 atom stereocenters. The summed E-state index contributed by atoms with van der Waals surface area (Å²) in [6.45, 7) is 0. The molecule has 0 radical (unpaired) electrons. The quantitative estimate of drug-likeness (QED) is 0.714. The van der Waals surface area contributed by atoms with Gasteiger partial charge in [0.2, 0.25) is 0 Å². The molecule has 112 valence electrons. The smallest absolute Gasteiger partial charge is 0.207 e. The first-order chi connectivity index (χ1) is 9.60. The van der Waals surface area contributed by atoms with Gasteiger partial charge in [-0.15, -0.1) is 0 Å². The van der Waals surface area contributed by atoms with Crippen LogP contribution in [0.15, 0.2) is 47.4 Å². The third-order valence-electron chi connectivity index (χ3n) is 2.73. The molecule has 2 nitrogen and oxygen atoms in total. The number of hydrogen-bond acceptors (Lipinski definition) is 2. The maximum atomic E-state index is 13.0. The van der Waals surface area contributed by atoms with E-state index in [2.05, 4.69) is 0 Å². The Morgan fingerprint density at radius 1 is 0.952 bits per heavy atom. The first kappa shape index (κ1) is 16.1. The van der Waals surface area contributed by atoms with Crippen molar-refractivity contribution >= 4 is 31.3 Å². The van der Waals surface area contributed by atoms with Crippen LogP contribution in [0.3, 0.4) is 0 Å². The van der Waals surface area contributed by atoms with Crippen molar-refractivity contribution in [3.8, 4) is 11.1 Å². The maximum Gasteiger partial charge on any atom is 0.417 e. The molecule has 0 bridgehead atoms. The minimum Gasteiger partial charge on any atom is -0.207 e. The zero-order chi connectivity index (χ0) is 15.8. The molecule has 0 aliphatic carbocycles. The van der Waals surface area contributed by atoms with E-state index in [0.29, 0.717) is 0 Å². The molecule has 0 aliphatic rings. The lowest BCUT2D eigenvalue weighted by molar-refractivity contribution is -0.137. The van der Waals surface area contributed by atoms with Crippen LogP contribution in [0.5, 0.6) is 0 Å². The lowest BCUT2D eigenvalue weighted by Crippen LogP contribution is -2.08. The van der Waals surface area contributed by atoms with Gasteiger partial charge >= 0.3 is 6.18 Å². The van der Waals surface area contributed by atoms with E-state index in [1.165, 1.54) is 30.3 Å².